The Labute approximate surface area is 91.9 Å². The maximum Gasteiger partial charge on any atom is 0.119 e. The summed E-state index contributed by atoms with van der Waals surface area (Å²) in [6, 6.07) is 0. The third-order valence-electron chi connectivity index (χ3n) is 1.91. The molecule has 4 nitrogen and oxygen atoms in total. The molecule has 90 valence electrons. The molecule has 0 amide bonds. The summed E-state index contributed by atoms with van der Waals surface area (Å²) in [4.78, 5) is 10.0. The number of hydrogen-bond acceptors (Lipinski definition) is 4. The highest BCUT2D eigenvalue weighted by Crippen LogP contribution is 1.97. The smallest absolute Gasteiger partial charge is 0.119 e. The van der Waals surface area contributed by atoms with Gasteiger partial charge in [0.25, 0.3) is 0 Å². The van der Waals surface area contributed by atoms with E-state index < -0.39 is 0 Å². The first-order chi connectivity index (χ1) is 7.41. The average molecular weight is 218 g/mol. The molecular formula is C11H22O4. The maximum absolute atomic E-state index is 10.0. The first-order valence-corrected chi connectivity index (χ1v) is 5.50. The maximum atomic E-state index is 10.0. The van der Waals surface area contributed by atoms with Crippen LogP contribution in [0, 0.1) is 0 Å². The molecule has 0 spiro atoms. The second-order valence-corrected chi connectivity index (χ2v) is 3.23. The zero-order valence-electron chi connectivity index (χ0n) is 9.57. The fourth-order valence-corrected chi connectivity index (χ4v) is 1.07. The summed E-state index contributed by atoms with van der Waals surface area (Å²) in [7, 11) is 1.65. The summed E-state index contributed by atoms with van der Waals surface area (Å²) in [6.07, 6.45) is 4.68. The summed E-state index contributed by atoms with van der Waals surface area (Å²) < 4.78 is 15.4. The number of hydrogen-bond donors (Lipinski definition) is 0. The van der Waals surface area contributed by atoms with E-state index in [9.17, 15) is 4.79 Å². The summed E-state index contributed by atoms with van der Waals surface area (Å²) in [5.74, 6) is 0. The van der Waals surface area contributed by atoms with E-state index in [1.165, 1.54) is 0 Å². The molecule has 0 aromatic rings. The highest BCUT2D eigenvalue weighted by atomic mass is 16.5. The van der Waals surface area contributed by atoms with E-state index in [2.05, 4.69) is 0 Å². The van der Waals surface area contributed by atoms with Gasteiger partial charge in [-0.1, -0.05) is 6.42 Å². The van der Waals surface area contributed by atoms with E-state index in [4.69, 9.17) is 14.2 Å². The van der Waals surface area contributed by atoms with Crippen molar-refractivity contribution in [3.05, 3.63) is 0 Å². The van der Waals surface area contributed by atoms with Crippen molar-refractivity contribution in [1.29, 1.82) is 0 Å². The Balaban J connectivity index is 2.83. The molecule has 0 heterocycles. The van der Waals surface area contributed by atoms with E-state index in [0.717, 1.165) is 32.2 Å². The van der Waals surface area contributed by atoms with Gasteiger partial charge in [-0.05, 0) is 12.8 Å². The second-order valence-electron chi connectivity index (χ2n) is 3.23. The number of ether oxygens (including phenoxy) is 3. The van der Waals surface area contributed by atoms with Crippen LogP contribution in [0.4, 0.5) is 0 Å². The molecule has 15 heavy (non-hydrogen) atoms. The van der Waals surface area contributed by atoms with Crippen molar-refractivity contribution in [2.24, 2.45) is 0 Å². The normalized spacial score (nSPS) is 10.5. The van der Waals surface area contributed by atoms with Gasteiger partial charge in [-0.2, -0.15) is 0 Å². The number of unbranched alkanes of at least 4 members (excludes halogenated alkanes) is 3. The highest BCUT2D eigenvalue weighted by molar-refractivity contribution is 5.48. The molecule has 0 radical (unpaired) electrons. The molecule has 0 fully saturated rings. The van der Waals surface area contributed by atoms with E-state index in [1.807, 2.05) is 0 Å². The van der Waals surface area contributed by atoms with Crippen molar-refractivity contribution in [1.82, 2.24) is 0 Å². The Kier molecular flexibility index (Phi) is 13.1. The van der Waals surface area contributed by atoms with Gasteiger partial charge in [-0.15, -0.1) is 0 Å². The summed E-state index contributed by atoms with van der Waals surface area (Å²) >= 11 is 0. The van der Waals surface area contributed by atoms with Crippen molar-refractivity contribution >= 4 is 6.29 Å². The predicted octanol–water partition coefficient (Wildman–Crippen LogP) is 1.43. The first-order valence-electron chi connectivity index (χ1n) is 5.50. The van der Waals surface area contributed by atoms with Crippen molar-refractivity contribution in [2.45, 2.75) is 25.7 Å². The van der Waals surface area contributed by atoms with Crippen LogP contribution in [0.15, 0.2) is 0 Å². The predicted molar refractivity (Wildman–Crippen MR) is 58.0 cm³/mol. The minimum absolute atomic E-state index is 0.623. The molecule has 0 atom stereocenters. The van der Waals surface area contributed by atoms with Gasteiger partial charge in [0.2, 0.25) is 0 Å². The Morgan fingerprint density at radius 2 is 1.53 bits per heavy atom. The molecule has 0 N–H and O–H groups in total. The molecule has 0 saturated carbocycles. The standard InChI is InChI=1S/C11H22O4/c1-13-8-9-15-11-10-14-7-5-3-2-4-6-12/h6H,2-5,7-11H2,1H3. The van der Waals surface area contributed by atoms with E-state index in [1.54, 1.807) is 7.11 Å². The van der Waals surface area contributed by atoms with Gasteiger partial charge in [0.15, 0.2) is 0 Å². The van der Waals surface area contributed by atoms with Crippen molar-refractivity contribution in [2.75, 3.05) is 40.1 Å². The quantitative estimate of drug-likeness (QED) is 0.367. The number of aldehydes is 1. The van der Waals surface area contributed by atoms with Crippen molar-refractivity contribution < 1.29 is 19.0 Å². The van der Waals surface area contributed by atoms with E-state index in [-0.39, 0.29) is 0 Å². The summed E-state index contributed by atoms with van der Waals surface area (Å²) in [5, 5.41) is 0. The van der Waals surface area contributed by atoms with Crippen LogP contribution < -0.4 is 0 Å². The lowest BCUT2D eigenvalue weighted by atomic mass is 10.2. The minimum Gasteiger partial charge on any atom is -0.382 e. The number of rotatable bonds is 12. The van der Waals surface area contributed by atoms with Crippen LogP contribution in [0.25, 0.3) is 0 Å². The molecule has 0 aliphatic carbocycles. The Bertz CT molecular complexity index is 128. The van der Waals surface area contributed by atoms with Crippen LogP contribution in [-0.2, 0) is 19.0 Å². The Hall–Kier alpha value is -0.450. The molecule has 0 unspecified atom stereocenters. The van der Waals surface area contributed by atoms with Crippen LogP contribution in [0.1, 0.15) is 25.7 Å². The number of carbonyl (C=O) groups is 1. The molecule has 0 rings (SSSR count). The SMILES string of the molecule is COCCOCCOCCCCCC=O. The zero-order valence-corrected chi connectivity index (χ0v) is 9.57. The fraction of sp³-hybridized carbons (Fsp3) is 0.909. The molecule has 0 saturated heterocycles. The van der Waals surface area contributed by atoms with Crippen LogP contribution >= 0.6 is 0 Å². The van der Waals surface area contributed by atoms with Crippen molar-refractivity contribution in [3.8, 4) is 0 Å². The van der Waals surface area contributed by atoms with Crippen LogP contribution in [0.5, 0.6) is 0 Å². The van der Waals surface area contributed by atoms with Gasteiger partial charge in [0.1, 0.15) is 6.29 Å². The number of carbonyl (C=O) groups excluding carboxylic acids is 1. The van der Waals surface area contributed by atoms with Gasteiger partial charge in [0, 0.05) is 20.1 Å². The van der Waals surface area contributed by atoms with Gasteiger partial charge in [-0.3, -0.25) is 0 Å². The summed E-state index contributed by atoms with van der Waals surface area (Å²) in [6.45, 7) is 3.27. The third kappa shape index (κ3) is 13.6. The van der Waals surface area contributed by atoms with Gasteiger partial charge >= 0.3 is 0 Å². The minimum atomic E-state index is 0.623. The van der Waals surface area contributed by atoms with Gasteiger partial charge in [0.05, 0.1) is 26.4 Å². The molecule has 0 aliphatic heterocycles. The lowest BCUT2D eigenvalue weighted by Crippen LogP contribution is -2.08. The summed E-state index contributed by atoms with van der Waals surface area (Å²) in [5.41, 5.74) is 0. The van der Waals surface area contributed by atoms with E-state index in [0.29, 0.717) is 32.8 Å². The largest absolute Gasteiger partial charge is 0.382 e. The molecule has 4 heteroatoms. The van der Waals surface area contributed by atoms with Crippen LogP contribution in [-0.4, -0.2) is 46.4 Å². The molecule has 0 aromatic carbocycles. The van der Waals surface area contributed by atoms with Gasteiger partial charge in [-0.25, -0.2) is 0 Å². The topological polar surface area (TPSA) is 44.8 Å². The van der Waals surface area contributed by atoms with Crippen LogP contribution in [0.2, 0.25) is 0 Å². The highest BCUT2D eigenvalue weighted by Gasteiger charge is 1.91. The number of methoxy groups -OCH3 is 1. The Morgan fingerprint density at radius 1 is 0.867 bits per heavy atom. The molecule has 0 aliphatic rings. The molecular weight excluding hydrogens is 196 g/mol. The van der Waals surface area contributed by atoms with Gasteiger partial charge < -0.3 is 19.0 Å². The lowest BCUT2D eigenvalue weighted by molar-refractivity contribution is -0.107. The fourth-order valence-electron chi connectivity index (χ4n) is 1.07. The monoisotopic (exact) mass is 218 g/mol. The Morgan fingerprint density at radius 3 is 2.20 bits per heavy atom. The molecule has 0 aromatic heterocycles. The third-order valence-corrected chi connectivity index (χ3v) is 1.91. The van der Waals surface area contributed by atoms with E-state index >= 15 is 0 Å². The first kappa shape index (κ1) is 14.6. The second kappa shape index (κ2) is 13.5. The van der Waals surface area contributed by atoms with Crippen LogP contribution in [0.3, 0.4) is 0 Å². The zero-order chi connectivity index (χ0) is 11.2. The van der Waals surface area contributed by atoms with Crippen molar-refractivity contribution in [3.63, 3.8) is 0 Å². The lowest BCUT2D eigenvalue weighted by Gasteiger charge is -2.04. The average Bonchev–Trinajstić information content (AvgIpc) is 2.26. The molecule has 0 bridgehead atoms.